The van der Waals surface area contributed by atoms with Gasteiger partial charge in [0.2, 0.25) is 10.0 Å². The standard InChI is InChI=1S/C15H16N2O5S/c1-11(14-5-3-4-6-15(14)22-2)16-23(20,21)13-9-7-12(8-10-13)17(18)19/h3-11,16H,1-2H3. The summed E-state index contributed by atoms with van der Waals surface area (Å²) < 4.78 is 32.5. The van der Waals surface area contributed by atoms with Crippen LogP contribution in [0.5, 0.6) is 5.75 Å². The van der Waals surface area contributed by atoms with Crippen molar-refractivity contribution in [1.29, 1.82) is 0 Å². The van der Waals surface area contributed by atoms with Crippen LogP contribution >= 0.6 is 0 Å². The number of para-hydroxylation sites is 1. The molecule has 1 N–H and O–H groups in total. The van der Waals surface area contributed by atoms with Crippen molar-refractivity contribution in [3.05, 3.63) is 64.2 Å². The Labute approximate surface area is 134 Å². The molecule has 2 aromatic carbocycles. The first-order chi connectivity index (χ1) is 10.8. The van der Waals surface area contributed by atoms with E-state index in [2.05, 4.69) is 4.72 Å². The number of non-ortho nitro benzene ring substituents is 1. The van der Waals surface area contributed by atoms with E-state index < -0.39 is 21.0 Å². The van der Waals surface area contributed by atoms with Crippen LogP contribution in [0.3, 0.4) is 0 Å². The Bertz CT molecular complexity index is 803. The van der Waals surface area contributed by atoms with Crippen molar-refractivity contribution in [2.45, 2.75) is 17.9 Å². The number of benzene rings is 2. The third kappa shape index (κ3) is 3.85. The average molecular weight is 336 g/mol. The number of nitro benzene ring substituents is 1. The summed E-state index contributed by atoms with van der Waals surface area (Å²) in [5, 5.41) is 10.6. The van der Waals surface area contributed by atoms with Crippen LogP contribution in [-0.4, -0.2) is 20.5 Å². The van der Waals surface area contributed by atoms with Gasteiger partial charge in [0.15, 0.2) is 0 Å². The minimum atomic E-state index is -3.80. The second-order valence-corrected chi connectivity index (χ2v) is 6.55. The Balaban J connectivity index is 2.25. The molecule has 0 aliphatic heterocycles. The Morgan fingerprint density at radius 3 is 2.30 bits per heavy atom. The SMILES string of the molecule is COc1ccccc1C(C)NS(=O)(=O)c1ccc([N+](=O)[O-])cc1. The van der Waals surface area contributed by atoms with E-state index in [-0.39, 0.29) is 10.6 Å². The highest BCUT2D eigenvalue weighted by Crippen LogP contribution is 2.26. The molecule has 0 spiro atoms. The third-order valence-corrected chi connectivity index (χ3v) is 4.85. The molecule has 0 radical (unpaired) electrons. The number of nitro groups is 1. The molecule has 0 aliphatic rings. The summed E-state index contributed by atoms with van der Waals surface area (Å²) in [5.74, 6) is 0.575. The van der Waals surface area contributed by atoms with Crippen molar-refractivity contribution < 1.29 is 18.1 Å². The molecule has 0 heterocycles. The molecule has 0 aliphatic carbocycles. The van der Waals surface area contributed by atoms with Gasteiger partial charge in [-0.3, -0.25) is 10.1 Å². The quantitative estimate of drug-likeness (QED) is 0.646. The maximum absolute atomic E-state index is 12.4. The molecular formula is C15H16N2O5S. The monoisotopic (exact) mass is 336 g/mol. The Morgan fingerprint density at radius 2 is 1.74 bits per heavy atom. The summed E-state index contributed by atoms with van der Waals surface area (Å²) in [7, 11) is -2.29. The summed E-state index contributed by atoms with van der Waals surface area (Å²) in [4.78, 5) is 10.0. The summed E-state index contributed by atoms with van der Waals surface area (Å²) in [6.45, 7) is 1.70. The van der Waals surface area contributed by atoms with Gasteiger partial charge in [-0.25, -0.2) is 13.1 Å². The lowest BCUT2D eigenvalue weighted by Gasteiger charge is -2.17. The smallest absolute Gasteiger partial charge is 0.269 e. The van der Waals surface area contributed by atoms with Gasteiger partial charge in [-0.2, -0.15) is 0 Å². The Hall–Kier alpha value is -2.45. The Morgan fingerprint density at radius 1 is 1.13 bits per heavy atom. The molecule has 8 heteroatoms. The first-order valence-corrected chi connectivity index (χ1v) is 8.23. The van der Waals surface area contributed by atoms with Gasteiger partial charge in [-0.05, 0) is 25.1 Å². The lowest BCUT2D eigenvalue weighted by molar-refractivity contribution is -0.384. The van der Waals surface area contributed by atoms with E-state index in [4.69, 9.17) is 4.74 Å². The van der Waals surface area contributed by atoms with E-state index in [0.717, 1.165) is 12.1 Å². The van der Waals surface area contributed by atoms with Crippen molar-refractivity contribution in [3.63, 3.8) is 0 Å². The van der Waals surface area contributed by atoms with Crippen molar-refractivity contribution in [1.82, 2.24) is 4.72 Å². The maximum Gasteiger partial charge on any atom is 0.269 e. The highest BCUT2D eigenvalue weighted by Gasteiger charge is 2.21. The van der Waals surface area contributed by atoms with Gasteiger partial charge in [-0.15, -0.1) is 0 Å². The van der Waals surface area contributed by atoms with Crippen molar-refractivity contribution in [2.24, 2.45) is 0 Å². The van der Waals surface area contributed by atoms with Gasteiger partial charge in [0, 0.05) is 23.7 Å². The number of methoxy groups -OCH3 is 1. The normalized spacial score (nSPS) is 12.6. The lowest BCUT2D eigenvalue weighted by atomic mass is 10.1. The van der Waals surface area contributed by atoms with E-state index >= 15 is 0 Å². The summed E-state index contributed by atoms with van der Waals surface area (Å²) >= 11 is 0. The molecule has 0 bridgehead atoms. The average Bonchev–Trinajstić information content (AvgIpc) is 2.54. The number of nitrogens with zero attached hydrogens (tertiary/aromatic N) is 1. The maximum atomic E-state index is 12.4. The zero-order valence-corrected chi connectivity index (χ0v) is 13.4. The van der Waals surface area contributed by atoms with Gasteiger partial charge >= 0.3 is 0 Å². The van der Waals surface area contributed by atoms with Gasteiger partial charge in [0.1, 0.15) is 5.75 Å². The first kappa shape index (κ1) is 16.9. The predicted octanol–water partition coefficient (Wildman–Crippen LogP) is 2.64. The first-order valence-electron chi connectivity index (χ1n) is 6.75. The van der Waals surface area contributed by atoms with Crippen molar-refractivity contribution in [2.75, 3.05) is 7.11 Å². The van der Waals surface area contributed by atoms with E-state index in [0.29, 0.717) is 11.3 Å². The third-order valence-electron chi connectivity index (χ3n) is 3.30. The van der Waals surface area contributed by atoms with Crippen LogP contribution in [0.2, 0.25) is 0 Å². The van der Waals surface area contributed by atoms with Gasteiger partial charge in [0.25, 0.3) is 5.69 Å². The molecule has 0 aromatic heterocycles. The Kier molecular flexibility index (Phi) is 4.97. The number of rotatable bonds is 6. The van der Waals surface area contributed by atoms with Crippen LogP contribution in [-0.2, 0) is 10.0 Å². The summed E-state index contributed by atoms with van der Waals surface area (Å²) in [6.07, 6.45) is 0. The second-order valence-electron chi connectivity index (χ2n) is 4.84. The number of sulfonamides is 1. The molecule has 1 atom stereocenters. The zero-order valence-electron chi connectivity index (χ0n) is 12.6. The molecule has 0 saturated heterocycles. The lowest BCUT2D eigenvalue weighted by Crippen LogP contribution is -2.27. The van der Waals surface area contributed by atoms with Crippen LogP contribution in [0.15, 0.2) is 53.4 Å². The molecule has 0 amide bonds. The van der Waals surface area contributed by atoms with Crippen molar-refractivity contribution >= 4 is 15.7 Å². The highest BCUT2D eigenvalue weighted by molar-refractivity contribution is 7.89. The number of hydrogen-bond donors (Lipinski definition) is 1. The van der Waals surface area contributed by atoms with E-state index in [9.17, 15) is 18.5 Å². The predicted molar refractivity (Wildman–Crippen MR) is 84.8 cm³/mol. The van der Waals surface area contributed by atoms with Crippen LogP contribution in [0, 0.1) is 10.1 Å². The fourth-order valence-electron chi connectivity index (χ4n) is 2.14. The highest BCUT2D eigenvalue weighted by atomic mass is 32.2. The molecule has 7 nitrogen and oxygen atoms in total. The van der Waals surface area contributed by atoms with Crippen LogP contribution in [0.1, 0.15) is 18.5 Å². The van der Waals surface area contributed by atoms with Gasteiger partial charge in [-0.1, -0.05) is 18.2 Å². The number of hydrogen-bond acceptors (Lipinski definition) is 5. The van der Waals surface area contributed by atoms with Crippen LogP contribution < -0.4 is 9.46 Å². The molecule has 0 saturated carbocycles. The van der Waals surface area contributed by atoms with Gasteiger partial charge < -0.3 is 4.74 Å². The largest absolute Gasteiger partial charge is 0.496 e. The van der Waals surface area contributed by atoms with E-state index in [1.54, 1.807) is 31.2 Å². The summed E-state index contributed by atoms with van der Waals surface area (Å²) in [6, 6.07) is 11.3. The van der Waals surface area contributed by atoms with E-state index in [1.807, 2.05) is 0 Å². The van der Waals surface area contributed by atoms with Crippen LogP contribution in [0.25, 0.3) is 0 Å². The molecule has 0 fully saturated rings. The number of nitrogens with one attached hydrogen (secondary N) is 1. The van der Waals surface area contributed by atoms with E-state index in [1.165, 1.54) is 19.2 Å². The summed E-state index contributed by atoms with van der Waals surface area (Å²) in [5.41, 5.74) is 0.530. The number of ether oxygens (including phenoxy) is 1. The molecule has 23 heavy (non-hydrogen) atoms. The van der Waals surface area contributed by atoms with Crippen molar-refractivity contribution in [3.8, 4) is 5.75 Å². The molecule has 1 unspecified atom stereocenters. The van der Waals surface area contributed by atoms with Crippen LogP contribution in [0.4, 0.5) is 5.69 Å². The minimum absolute atomic E-state index is 0.0372. The zero-order chi connectivity index (χ0) is 17.0. The molecule has 122 valence electrons. The fraction of sp³-hybridized carbons (Fsp3) is 0.200. The molecular weight excluding hydrogens is 320 g/mol. The fourth-order valence-corrected chi connectivity index (χ4v) is 3.36. The van der Waals surface area contributed by atoms with Gasteiger partial charge in [0.05, 0.1) is 16.9 Å². The minimum Gasteiger partial charge on any atom is -0.496 e. The second kappa shape index (κ2) is 6.76. The molecule has 2 aromatic rings. The molecule has 2 rings (SSSR count). The topological polar surface area (TPSA) is 98.5 Å².